The molecule has 1 fully saturated rings. The molecule has 8 heteroatoms. The van der Waals surface area contributed by atoms with Crippen molar-refractivity contribution in [1.29, 1.82) is 0 Å². The Labute approximate surface area is 189 Å². The van der Waals surface area contributed by atoms with Crippen molar-refractivity contribution in [3.8, 4) is 0 Å². The first-order chi connectivity index (χ1) is 15.6. The lowest BCUT2D eigenvalue weighted by Crippen LogP contribution is -2.23. The van der Waals surface area contributed by atoms with Crippen LogP contribution in [0.15, 0.2) is 48.3 Å². The van der Waals surface area contributed by atoms with Gasteiger partial charge in [-0.25, -0.2) is 0 Å². The Bertz CT molecular complexity index is 1300. The summed E-state index contributed by atoms with van der Waals surface area (Å²) in [5, 5.41) is 8.31. The molecule has 5 nitrogen and oxygen atoms in total. The van der Waals surface area contributed by atoms with Crippen LogP contribution in [-0.2, 0) is 19.8 Å². The maximum Gasteiger partial charge on any atom is 0.416 e. The summed E-state index contributed by atoms with van der Waals surface area (Å²) in [5.41, 5.74) is 3.50. The molecule has 170 valence electrons. The lowest BCUT2D eigenvalue weighted by molar-refractivity contribution is -0.138. The zero-order valence-corrected chi connectivity index (χ0v) is 18.6. The summed E-state index contributed by atoms with van der Waals surface area (Å²) in [5.74, 6) is 0.909. The predicted molar refractivity (Wildman–Crippen MR) is 119 cm³/mol. The standard InChI is InChI=1S/C25H23F3N4O/c1-14-7-17(8-14)22(23-30-29-13-31(23)3)16-5-4-6-18(11-16)32-12-20-19(24(32)33)9-15(2)10-21(20)25(26,27)28/h4-6,9-11,13-14H,7-8,12H2,1-3H3. The number of alkyl halides is 3. The molecule has 1 aliphatic heterocycles. The van der Waals surface area contributed by atoms with Gasteiger partial charge in [0.05, 0.1) is 12.1 Å². The number of hydrogen-bond acceptors (Lipinski definition) is 3. The lowest BCUT2D eigenvalue weighted by Gasteiger charge is -2.29. The summed E-state index contributed by atoms with van der Waals surface area (Å²) in [7, 11) is 1.88. The van der Waals surface area contributed by atoms with E-state index in [1.165, 1.54) is 10.5 Å². The highest BCUT2D eigenvalue weighted by atomic mass is 19.4. The third kappa shape index (κ3) is 3.63. The Kier molecular flexibility index (Phi) is 4.92. The number of hydrogen-bond donors (Lipinski definition) is 0. The van der Waals surface area contributed by atoms with E-state index in [1.54, 1.807) is 25.4 Å². The van der Waals surface area contributed by atoms with Crippen LogP contribution < -0.4 is 4.90 Å². The van der Waals surface area contributed by atoms with Crippen molar-refractivity contribution in [1.82, 2.24) is 14.8 Å². The van der Waals surface area contributed by atoms with Crippen molar-refractivity contribution in [2.24, 2.45) is 13.0 Å². The lowest BCUT2D eigenvalue weighted by atomic mass is 9.77. The van der Waals surface area contributed by atoms with E-state index in [2.05, 4.69) is 17.1 Å². The van der Waals surface area contributed by atoms with E-state index < -0.39 is 17.6 Å². The molecule has 0 bridgehead atoms. The molecule has 2 heterocycles. The van der Waals surface area contributed by atoms with E-state index in [0.29, 0.717) is 17.2 Å². The van der Waals surface area contributed by atoms with Crippen LogP contribution in [-0.4, -0.2) is 20.7 Å². The number of amides is 1. The number of halogens is 3. The fourth-order valence-electron chi connectivity index (χ4n) is 4.83. The van der Waals surface area contributed by atoms with Gasteiger partial charge < -0.3 is 9.47 Å². The van der Waals surface area contributed by atoms with Gasteiger partial charge in [0.2, 0.25) is 0 Å². The number of rotatable bonds is 3. The Morgan fingerprint density at radius 3 is 2.55 bits per heavy atom. The van der Waals surface area contributed by atoms with Crippen molar-refractivity contribution >= 4 is 17.2 Å². The van der Waals surface area contributed by atoms with Gasteiger partial charge in [0.25, 0.3) is 5.91 Å². The monoisotopic (exact) mass is 452 g/mol. The molecule has 0 saturated heterocycles. The average Bonchev–Trinajstić information content (AvgIpc) is 3.30. The first kappa shape index (κ1) is 21.4. The van der Waals surface area contributed by atoms with Crippen molar-refractivity contribution in [3.05, 3.63) is 81.9 Å². The summed E-state index contributed by atoms with van der Waals surface area (Å²) in [6.45, 7) is 3.65. The quantitative estimate of drug-likeness (QED) is 0.525. The van der Waals surface area contributed by atoms with Crippen LogP contribution in [0.1, 0.15) is 58.2 Å². The smallest absolute Gasteiger partial charge is 0.317 e. The number of aromatic nitrogens is 3. The molecule has 0 unspecified atom stereocenters. The summed E-state index contributed by atoms with van der Waals surface area (Å²) < 4.78 is 42.8. The first-order valence-electron chi connectivity index (χ1n) is 10.8. The maximum absolute atomic E-state index is 13.7. The molecule has 2 aromatic carbocycles. The normalized spacial score (nSPS) is 17.9. The number of nitrogens with zero attached hydrogens (tertiary/aromatic N) is 4. The topological polar surface area (TPSA) is 51.0 Å². The second kappa shape index (κ2) is 7.57. The SMILES string of the molecule is Cc1cc2c(c(C(F)(F)F)c1)CN(c1cccc(C(=C3CC(C)C3)c3nncn3C)c1)C2=O. The molecule has 3 aromatic rings. The van der Waals surface area contributed by atoms with E-state index in [9.17, 15) is 18.0 Å². The van der Waals surface area contributed by atoms with Crippen LogP contribution in [0.25, 0.3) is 5.57 Å². The van der Waals surface area contributed by atoms with Gasteiger partial charge in [0, 0.05) is 23.9 Å². The van der Waals surface area contributed by atoms with Crippen molar-refractivity contribution in [3.63, 3.8) is 0 Å². The number of aryl methyl sites for hydroxylation is 2. The van der Waals surface area contributed by atoms with Crippen LogP contribution >= 0.6 is 0 Å². The fraction of sp³-hybridized carbons (Fsp3) is 0.320. The highest BCUT2D eigenvalue weighted by molar-refractivity contribution is 6.10. The minimum atomic E-state index is -4.52. The van der Waals surface area contributed by atoms with Crippen LogP contribution in [0.5, 0.6) is 0 Å². The molecule has 1 aromatic heterocycles. The number of allylic oxidation sites excluding steroid dienone is 1. The maximum atomic E-state index is 13.7. The minimum absolute atomic E-state index is 0.0307. The van der Waals surface area contributed by atoms with Crippen LogP contribution in [0, 0.1) is 12.8 Å². The molecule has 0 atom stereocenters. The summed E-state index contributed by atoms with van der Waals surface area (Å²) >= 11 is 0. The van der Waals surface area contributed by atoms with Crippen molar-refractivity contribution in [2.75, 3.05) is 4.90 Å². The Balaban J connectivity index is 1.57. The van der Waals surface area contributed by atoms with Gasteiger partial charge >= 0.3 is 6.18 Å². The van der Waals surface area contributed by atoms with Gasteiger partial charge in [0.15, 0.2) is 5.82 Å². The van der Waals surface area contributed by atoms with Crippen molar-refractivity contribution in [2.45, 2.75) is 39.4 Å². The molecule has 2 aliphatic rings. The number of fused-ring (bicyclic) bond motifs is 1. The molecule has 0 spiro atoms. The summed E-state index contributed by atoms with van der Waals surface area (Å²) in [6.07, 6.45) is -0.967. The highest BCUT2D eigenvalue weighted by Crippen LogP contribution is 2.42. The molecule has 1 amide bonds. The van der Waals surface area contributed by atoms with Gasteiger partial charge in [-0.1, -0.05) is 24.6 Å². The van der Waals surface area contributed by atoms with Gasteiger partial charge in [-0.3, -0.25) is 4.79 Å². The van der Waals surface area contributed by atoms with E-state index in [0.717, 1.165) is 35.9 Å². The van der Waals surface area contributed by atoms with E-state index >= 15 is 0 Å². The second-order valence-corrected chi connectivity index (χ2v) is 9.04. The van der Waals surface area contributed by atoms with Crippen LogP contribution in [0.4, 0.5) is 18.9 Å². The second-order valence-electron chi connectivity index (χ2n) is 9.04. The summed E-state index contributed by atoms with van der Waals surface area (Å²) in [4.78, 5) is 14.6. The van der Waals surface area contributed by atoms with E-state index in [1.807, 2.05) is 29.8 Å². The largest absolute Gasteiger partial charge is 0.416 e. The Morgan fingerprint density at radius 1 is 1.15 bits per heavy atom. The van der Waals surface area contributed by atoms with Crippen LogP contribution in [0.3, 0.4) is 0 Å². The highest BCUT2D eigenvalue weighted by Gasteiger charge is 2.40. The molecule has 5 rings (SSSR count). The molecule has 0 radical (unpaired) electrons. The van der Waals surface area contributed by atoms with Gasteiger partial charge in [0.1, 0.15) is 6.33 Å². The summed E-state index contributed by atoms with van der Waals surface area (Å²) in [6, 6.07) is 10.1. The number of benzene rings is 2. The molecular weight excluding hydrogens is 429 g/mol. The molecule has 0 N–H and O–H groups in total. The van der Waals surface area contributed by atoms with Crippen molar-refractivity contribution < 1.29 is 18.0 Å². The number of anilines is 1. The third-order valence-electron chi connectivity index (χ3n) is 6.42. The minimum Gasteiger partial charge on any atom is -0.317 e. The first-order valence-corrected chi connectivity index (χ1v) is 10.8. The average molecular weight is 452 g/mol. The molecule has 1 aliphatic carbocycles. The fourth-order valence-corrected chi connectivity index (χ4v) is 4.83. The van der Waals surface area contributed by atoms with Crippen LogP contribution in [0.2, 0.25) is 0 Å². The number of carbonyl (C=O) groups is 1. The zero-order chi connectivity index (χ0) is 23.5. The van der Waals surface area contributed by atoms with E-state index in [-0.39, 0.29) is 17.7 Å². The van der Waals surface area contributed by atoms with Gasteiger partial charge in [-0.05, 0) is 66.6 Å². The third-order valence-corrected chi connectivity index (χ3v) is 6.42. The Morgan fingerprint density at radius 2 is 1.91 bits per heavy atom. The van der Waals surface area contributed by atoms with E-state index in [4.69, 9.17) is 0 Å². The predicted octanol–water partition coefficient (Wildman–Crippen LogP) is 5.53. The van der Waals surface area contributed by atoms with Gasteiger partial charge in [-0.15, -0.1) is 10.2 Å². The molecule has 1 saturated carbocycles. The molecule has 33 heavy (non-hydrogen) atoms. The molecular formula is C25H23F3N4O. The zero-order valence-electron chi connectivity index (χ0n) is 18.6. The van der Waals surface area contributed by atoms with Gasteiger partial charge in [-0.2, -0.15) is 13.2 Å². The Hall–Kier alpha value is -3.42. The number of carbonyl (C=O) groups excluding carboxylic acids is 1.